The van der Waals surface area contributed by atoms with Crippen LogP contribution in [0.1, 0.15) is 11.1 Å². The molecule has 3 rings (SSSR count). The van der Waals surface area contributed by atoms with Crippen LogP contribution in [0, 0.1) is 11.6 Å². The normalized spacial score (nSPS) is 12.8. The van der Waals surface area contributed by atoms with Gasteiger partial charge in [-0.05, 0) is 41.8 Å². The van der Waals surface area contributed by atoms with Crippen molar-refractivity contribution in [2.24, 2.45) is 0 Å². The molecule has 19 heavy (non-hydrogen) atoms. The Kier molecular flexibility index (Phi) is 3.14. The monoisotopic (exact) mass is 326 g/mol. The number of hydrogen-bond acceptors (Lipinski definition) is 2. The molecule has 0 aromatic heterocycles. The van der Waals surface area contributed by atoms with Crippen molar-refractivity contribution in [1.29, 1.82) is 0 Å². The molecule has 2 nitrogen and oxygen atoms in total. The highest BCUT2D eigenvalue weighted by molar-refractivity contribution is 9.10. The van der Waals surface area contributed by atoms with E-state index in [9.17, 15) is 8.78 Å². The third-order valence-corrected chi connectivity index (χ3v) is 3.60. The van der Waals surface area contributed by atoms with E-state index in [4.69, 9.17) is 9.47 Å². The molecule has 0 unspecified atom stereocenters. The minimum atomic E-state index is -0.577. The third-order valence-electron chi connectivity index (χ3n) is 2.86. The Bertz CT molecular complexity index is 623. The van der Waals surface area contributed by atoms with Crippen molar-refractivity contribution in [1.82, 2.24) is 0 Å². The van der Waals surface area contributed by atoms with E-state index in [1.165, 1.54) is 12.1 Å². The van der Waals surface area contributed by atoms with Crippen LogP contribution in [0.15, 0.2) is 34.8 Å². The Labute approximate surface area is 117 Å². The van der Waals surface area contributed by atoms with E-state index in [0.29, 0.717) is 23.5 Å². The van der Waals surface area contributed by atoms with Gasteiger partial charge < -0.3 is 9.47 Å². The summed E-state index contributed by atoms with van der Waals surface area (Å²) in [4.78, 5) is 0. The Balaban J connectivity index is 1.95. The topological polar surface area (TPSA) is 18.5 Å². The maximum atomic E-state index is 13.2. The Hall–Kier alpha value is -1.62. The van der Waals surface area contributed by atoms with Crippen LogP contribution in [0.5, 0.6) is 11.5 Å². The smallest absolute Gasteiger partial charge is 0.231 e. The fraction of sp³-hybridized carbons (Fsp3) is 0.143. The summed E-state index contributed by atoms with van der Waals surface area (Å²) in [6.45, 7) is 0.194. The molecule has 2 aromatic rings. The molecule has 0 fully saturated rings. The summed E-state index contributed by atoms with van der Waals surface area (Å²) in [5.41, 5.74) is 1.45. The first kappa shape index (κ1) is 12.4. The van der Waals surface area contributed by atoms with Gasteiger partial charge in [0.25, 0.3) is 0 Å². The van der Waals surface area contributed by atoms with Gasteiger partial charge in [-0.1, -0.05) is 15.9 Å². The summed E-state index contributed by atoms with van der Waals surface area (Å²) >= 11 is 3.42. The number of fused-ring (bicyclic) bond motifs is 1. The average Bonchev–Trinajstić information content (AvgIpc) is 2.75. The van der Waals surface area contributed by atoms with Gasteiger partial charge in [0, 0.05) is 10.5 Å². The molecule has 0 saturated carbocycles. The van der Waals surface area contributed by atoms with Crippen LogP contribution in [0.3, 0.4) is 0 Å². The average molecular weight is 327 g/mol. The Morgan fingerprint density at radius 1 is 0.947 bits per heavy atom. The summed E-state index contributed by atoms with van der Waals surface area (Å²) < 4.78 is 37.7. The van der Waals surface area contributed by atoms with Crippen LogP contribution in [-0.2, 0) is 6.42 Å². The lowest BCUT2D eigenvalue weighted by Gasteiger charge is -2.07. The molecule has 0 radical (unpaired) electrons. The lowest BCUT2D eigenvalue weighted by Crippen LogP contribution is -1.93. The van der Waals surface area contributed by atoms with Gasteiger partial charge in [-0.3, -0.25) is 0 Å². The van der Waals surface area contributed by atoms with E-state index in [0.717, 1.165) is 16.1 Å². The highest BCUT2D eigenvalue weighted by Crippen LogP contribution is 2.37. The first-order valence-electron chi connectivity index (χ1n) is 5.65. The van der Waals surface area contributed by atoms with Crippen LogP contribution in [0.2, 0.25) is 0 Å². The summed E-state index contributed by atoms with van der Waals surface area (Å²) in [6, 6.07) is 7.11. The van der Waals surface area contributed by atoms with Gasteiger partial charge in [-0.2, -0.15) is 0 Å². The van der Waals surface area contributed by atoms with Gasteiger partial charge in [0.15, 0.2) is 11.5 Å². The van der Waals surface area contributed by atoms with Gasteiger partial charge in [0.2, 0.25) is 6.79 Å². The molecule has 0 aliphatic carbocycles. The summed E-state index contributed by atoms with van der Waals surface area (Å²) in [7, 11) is 0. The molecule has 2 aromatic carbocycles. The van der Waals surface area contributed by atoms with Gasteiger partial charge in [0.1, 0.15) is 11.6 Å². The SMILES string of the molecule is Fc1cc(F)cc(Cc2cc3c(cc2Br)OCO3)c1. The van der Waals surface area contributed by atoms with Gasteiger partial charge in [-0.25, -0.2) is 8.78 Å². The summed E-state index contributed by atoms with van der Waals surface area (Å²) in [5, 5.41) is 0. The van der Waals surface area contributed by atoms with Crippen LogP contribution >= 0.6 is 15.9 Å². The van der Waals surface area contributed by atoms with Crippen LogP contribution in [-0.4, -0.2) is 6.79 Å². The Morgan fingerprint density at radius 3 is 2.26 bits per heavy atom. The lowest BCUT2D eigenvalue weighted by molar-refractivity contribution is 0.174. The number of benzene rings is 2. The molecule has 0 N–H and O–H groups in total. The van der Waals surface area contributed by atoms with E-state index in [2.05, 4.69) is 15.9 Å². The molecule has 1 aliphatic rings. The van der Waals surface area contributed by atoms with E-state index >= 15 is 0 Å². The molecule has 1 heterocycles. The number of hydrogen-bond donors (Lipinski definition) is 0. The molecular formula is C14H9BrF2O2. The molecule has 0 bridgehead atoms. The van der Waals surface area contributed by atoms with Gasteiger partial charge >= 0.3 is 0 Å². The lowest BCUT2D eigenvalue weighted by atomic mass is 10.0. The zero-order valence-corrected chi connectivity index (χ0v) is 11.3. The van der Waals surface area contributed by atoms with Gasteiger partial charge in [-0.15, -0.1) is 0 Å². The van der Waals surface area contributed by atoms with E-state index < -0.39 is 11.6 Å². The standard InChI is InChI=1S/C14H9BrF2O2/c15-12-6-14-13(18-7-19-14)4-9(12)1-8-2-10(16)5-11(17)3-8/h2-6H,1,7H2. The quantitative estimate of drug-likeness (QED) is 0.829. The fourth-order valence-electron chi connectivity index (χ4n) is 2.03. The molecule has 0 atom stereocenters. The molecule has 0 saturated heterocycles. The summed E-state index contributed by atoms with van der Waals surface area (Å²) in [5.74, 6) is 0.162. The molecular weight excluding hydrogens is 318 g/mol. The maximum absolute atomic E-state index is 13.2. The predicted octanol–water partition coefficient (Wildman–Crippen LogP) is 4.05. The van der Waals surface area contributed by atoms with Crippen molar-refractivity contribution in [3.63, 3.8) is 0 Å². The number of rotatable bonds is 2. The molecule has 98 valence electrons. The number of halogens is 3. The minimum Gasteiger partial charge on any atom is -0.454 e. The first-order chi connectivity index (χ1) is 9.11. The van der Waals surface area contributed by atoms with Crippen molar-refractivity contribution in [2.75, 3.05) is 6.79 Å². The molecule has 5 heteroatoms. The highest BCUT2D eigenvalue weighted by Gasteiger charge is 2.16. The van der Waals surface area contributed by atoms with Crippen molar-refractivity contribution in [3.05, 3.63) is 57.6 Å². The predicted molar refractivity (Wildman–Crippen MR) is 69.4 cm³/mol. The molecule has 0 spiro atoms. The van der Waals surface area contributed by atoms with Crippen LogP contribution in [0.25, 0.3) is 0 Å². The second-order valence-corrected chi connectivity index (χ2v) is 5.11. The van der Waals surface area contributed by atoms with Crippen LogP contribution in [0.4, 0.5) is 8.78 Å². The largest absolute Gasteiger partial charge is 0.454 e. The maximum Gasteiger partial charge on any atom is 0.231 e. The fourth-order valence-corrected chi connectivity index (χ4v) is 2.49. The second-order valence-electron chi connectivity index (χ2n) is 4.25. The summed E-state index contributed by atoms with van der Waals surface area (Å²) in [6.07, 6.45) is 0.409. The second kappa shape index (κ2) is 4.81. The minimum absolute atomic E-state index is 0.194. The van der Waals surface area contributed by atoms with E-state index in [1.807, 2.05) is 6.07 Å². The first-order valence-corrected chi connectivity index (χ1v) is 6.44. The highest BCUT2D eigenvalue weighted by atomic mass is 79.9. The van der Waals surface area contributed by atoms with Crippen molar-refractivity contribution < 1.29 is 18.3 Å². The van der Waals surface area contributed by atoms with E-state index in [-0.39, 0.29) is 6.79 Å². The molecule has 0 amide bonds. The van der Waals surface area contributed by atoms with Gasteiger partial charge in [0.05, 0.1) is 0 Å². The zero-order valence-electron chi connectivity index (χ0n) is 9.75. The van der Waals surface area contributed by atoms with Crippen molar-refractivity contribution in [3.8, 4) is 11.5 Å². The van der Waals surface area contributed by atoms with Crippen molar-refractivity contribution >= 4 is 15.9 Å². The van der Waals surface area contributed by atoms with Crippen LogP contribution < -0.4 is 9.47 Å². The van der Waals surface area contributed by atoms with Crippen molar-refractivity contribution in [2.45, 2.75) is 6.42 Å². The third kappa shape index (κ3) is 2.56. The Morgan fingerprint density at radius 2 is 1.58 bits per heavy atom. The van der Waals surface area contributed by atoms with E-state index in [1.54, 1.807) is 6.07 Å². The molecule has 1 aliphatic heterocycles. The zero-order chi connectivity index (χ0) is 13.4. The number of ether oxygens (including phenoxy) is 2.